The minimum Gasteiger partial charge on any atom is -0.322 e. The highest BCUT2D eigenvalue weighted by Gasteiger charge is 2.32. The van der Waals surface area contributed by atoms with Gasteiger partial charge in [-0.2, -0.15) is 13.2 Å². The Morgan fingerprint density at radius 1 is 1.27 bits per heavy atom. The van der Waals surface area contributed by atoms with Crippen molar-refractivity contribution < 1.29 is 18.0 Å². The van der Waals surface area contributed by atoms with Gasteiger partial charge in [-0.05, 0) is 19.1 Å². The number of aryl methyl sites for hydroxylation is 1. The molecule has 0 aromatic carbocycles. The van der Waals surface area contributed by atoms with Gasteiger partial charge in [-0.1, -0.05) is 0 Å². The van der Waals surface area contributed by atoms with Crippen LogP contribution in [-0.2, 0) is 12.7 Å². The van der Waals surface area contributed by atoms with Crippen molar-refractivity contribution in [2.45, 2.75) is 19.6 Å². The fourth-order valence-electron chi connectivity index (χ4n) is 2.66. The zero-order valence-electron chi connectivity index (χ0n) is 14.1. The zero-order chi connectivity index (χ0) is 18.7. The highest BCUT2D eigenvalue weighted by Crippen LogP contribution is 2.27. The SMILES string of the molecule is Cc1nc(CN2CCN(C(=O)Nc3ccc(C(F)(F)F)nc3)CC2)cs1. The molecule has 3 rings (SSSR count). The van der Waals surface area contributed by atoms with Gasteiger partial charge in [0.15, 0.2) is 0 Å². The summed E-state index contributed by atoms with van der Waals surface area (Å²) in [7, 11) is 0. The first-order valence-electron chi connectivity index (χ1n) is 8.04. The van der Waals surface area contributed by atoms with E-state index in [1.54, 1.807) is 16.2 Å². The van der Waals surface area contributed by atoms with Crippen LogP contribution in [0.2, 0.25) is 0 Å². The van der Waals surface area contributed by atoms with E-state index in [2.05, 4.69) is 20.2 Å². The second-order valence-electron chi connectivity index (χ2n) is 5.98. The number of carbonyl (C=O) groups excluding carboxylic acids is 1. The minimum atomic E-state index is -4.49. The van der Waals surface area contributed by atoms with Crippen molar-refractivity contribution in [1.82, 2.24) is 19.8 Å². The molecule has 26 heavy (non-hydrogen) atoms. The van der Waals surface area contributed by atoms with Gasteiger partial charge in [0.1, 0.15) is 5.69 Å². The van der Waals surface area contributed by atoms with E-state index in [1.807, 2.05) is 12.3 Å². The Labute approximate surface area is 152 Å². The molecule has 2 amide bonds. The number of aromatic nitrogens is 2. The van der Waals surface area contributed by atoms with Crippen LogP contribution in [-0.4, -0.2) is 52.0 Å². The lowest BCUT2D eigenvalue weighted by Crippen LogP contribution is -2.49. The van der Waals surface area contributed by atoms with Gasteiger partial charge in [-0.25, -0.2) is 14.8 Å². The number of pyridine rings is 1. The molecule has 0 saturated carbocycles. The molecule has 1 N–H and O–H groups in total. The van der Waals surface area contributed by atoms with Gasteiger partial charge in [0.2, 0.25) is 0 Å². The van der Waals surface area contributed by atoms with Gasteiger partial charge < -0.3 is 10.2 Å². The summed E-state index contributed by atoms with van der Waals surface area (Å²) in [6, 6.07) is 1.72. The van der Waals surface area contributed by atoms with Crippen molar-refractivity contribution in [2.75, 3.05) is 31.5 Å². The van der Waals surface area contributed by atoms with Crippen LogP contribution in [0.15, 0.2) is 23.7 Å². The molecule has 2 aromatic rings. The van der Waals surface area contributed by atoms with Crippen LogP contribution in [0.3, 0.4) is 0 Å². The fourth-order valence-corrected chi connectivity index (χ4v) is 3.26. The smallest absolute Gasteiger partial charge is 0.322 e. The lowest BCUT2D eigenvalue weighted by atomic mass is 10.3. The van der Waals surface area contributed by atoms with Crippen LogP contribution in [0.25, 0.3) is 0 Å². The molecule has 1 fully saturated rings. The van der Waals surface area contributed by atoms with E-state index in [0.717, 1.165) is 42.6 Å². The number of amides is 2. The Hall–Kier alpha value is -2.20. The van der Waals surface area contributed by atoms with Gasteiger partial charge in [0.05, 0.1) is 22.6 Å². The average molecular weight is 385 g/mol. The number of urea groups is 1. The molecule has 0 atom stereocenters. The summed E-state index contributed by atoms with van der Waals surface area (Å²) in [5.41, 5.74) is 0.283. The maximum Gasteiger partial charge on any atom is 0.433 e. The number of hydrogen-bond donors (Lipinski definition) is 1. The van der Waals surface area contributed by atoms with Crippen LogP contribution in [0.1, 0.15) is 16.4 Å². The summed E-state index contributed by atoms with van der Waals surface area (Å²) in [5, 5.41) is 5.65. The quantitative estimate of drug-likeness (QED) is 0.881. The van der Waals surface area contributed by atoms with E-state index in [1.165, 1.54) is 6.07 Å². The number of nitrogens with zero attached hydrogens (tertiary/aromatic N) is 4. The zero-order valence-corrected chi connectivity index (χ0v) is 14.9. The van der Waals surface area contributed by atoms with E-state index in [0.29, 0.717) is 13.1 Å². The maximum atomic E-state index is 12.5. The highest BCUT2D eigenvalue weighted by molar-refractivity contribution is 7.09. The van der Waals surface area contributed by atoms with Gasteiger partial charge in [-0.15, -0.1) is 11.3 Å². The third-order valence-electron chi connectivity index (χ3n) is 4.02. The number of halogens is 3. The maximum absolute atomic E-state index is 12.5. The second-order valence-corrected chi connectivity index (χ2v) is 7.04. The van der Waals surface area contributed by atoms with Crippen LogP contribution in [0, 0.1) is 6.92 Å². The molecule has 1 aliphatic heterocycles. The summed E-state index contributed by atoms with van der Waals surface area (Å²) in [6.45, 7) is 5.24. The van der Waals surface area contributed by atoms with Crippen molar-refractivity contribution in [2.24, 2.45) is 0 Å². The Morgan fingerprint density at radius 2 is 2.00 bits per heavy atom. The van der Waals surface area contributed by atoms with Crippen LogP contribution in [0.4, 0.5) is 23.7 Å². The number of carbonyl (C=O) groups is 1. The minimum absolute atomic E-state index is 0.239. The van der Waals surface area contributed by atoms with Crippen molar-refractivity contribution in [3.8, 4) is 0 Å². The Balaban J connectivity index is 1.49. The number of hydrogen-bond acceptors (Lipinski definition) is 5. The second kappa shape index (κ2) is 7.58. The third kappa shape index (κ3) is 4.70. The Bertz CT molecular complexity index is 754. The molecule has 2 aromatic heterocycles. The largest absolute Gasteiger partial charge is 0.433 e. The molecule has 0 aliphatic carbocycles. The van der Waals surface area contributed by atoms with Gasteiger partial charge >= 0.3 is 12.2 Å². The van der Waals surface area contributed by atoms with E-state index < -0.39 is 11.9 Å². The van der Waals surface area contributed by atoms with E-state index in [9.17, 15) is 18.0 Å². The normalized spacial score (nSPS) is 15.9. The molecular weight excluding hydrogens is 367 g/mol. The number of thiazole rings is 1. The summed E-state index contributed by atoms with van der Waals surface area (Å²) < 4.78 is 37.5. The van der Waals surface area contributed by atoms with Gasteiger partial charge in [-0.3, -0.25) is 4.90 Å². The van der Waals surface area contributed by atoms with Gasteiger partial charge in [0.25, 0.3) is 0 Å². The molecule has 1 aliphatic rings. The van der Waals surface area contributed by atoms with Crippen LogP contribution < -0.4 is 5.32 Å². The molecule has 0 spiro atoms. The van der Waals surface area contributed by atoms with Crippen LogP contribution in [0.5, 0.6) is 0 Å². The lowest BCUT2D eigenvalue weighted by molar-refractivity contribution is -0.141. The predicted molar refractivity (Wildman–Crippen MR) is 92.0 cm³/mol. The highest BCUT2D eigenvalue weighted by atomic mass is 32.1. The Kier molecular flexibility index (Phi) is 5.42. The first-order valence-corrected chi connectivity index (χ1v) is 8.92. The fraction of sp³-hybridized carbons (Fsp3) is 0.438. The lowest BCUT2D eigenvalue weighted by Gasteiger charge is -2.34. The van der Waals surface area contributed by atoms with Crippen molar-refractivity contribution in [3.63, 3.8) is 0 Å². The number of nitrogens with one attached hydrogen (secondary N) is 1. The average Bonchev–Trinajstić information content (AvgIpc) is 3.00. The topological polar surface area (TPSA) is 61.4 Å². The molecule has 1 saturated heterocycles. The molecule has 0 bridgehead atoms. The number of piperazine rings is 1. The number of anilines is 1. The van der Waals surface area contributed by atoms with Crippen molar-refractivity contribution in [1.29, 1.82) is 0 Å². The third-order valence-corrected chi connectivity index (χ3v) is 4.84. The molecule has 0 unspecified atom stereocenters. The molecule has 140 valence electrons. The van der Waals surface area contributed by atoms with Crippen molar-refractivity contribution in [3.05, 3.63) is 40.1 Å². The standard InChI is InChI=1S/C16H18F3N5OS/c1-11-21-13(10-26-11)9-23-4-6-24(7-5-23)15(25)22-12-2-3-14(20-8-12)16(17,18)19/h2-3,8,10H,4-7,9H2,1H3,(H,22,25). The van der Waals surface area contributed by atoms with Crippen LogP contribution >= 0.6 is 11.3 Å². The van der Waals surface area contributed by atoms with E-state index in [-0.39, 0.29) is 11.7 Å². The molecule has 3 heterocycles. The molecule has 0 radical (unpaired) electrons. The first kappa shape index (κ1) is 18.6. The molecule has 10 heteroatoms. The first-order chi connectivity index (χ1) is 12.3. The summed E-state index contributed by atoms with van der Waals surface area (Å²) in [6.07, 6.45) is -3.48. The summed E-state index contributed by atoms with van der Waals surface area (Å²) in [5.74, 6) is 0. The molecular formula is C16H18F3N5OS. The summed E-state index contributed by atoms with van der Waals surface area (Å²) >= 11 is 1.61. The monoisotopic (exact) mass is 385 g/mol. The molecule has 6 nitrogen and oxygen atoms in total. The number of alkyl halides is 3. The van der Waals surface area contributed by atoms with Gasteiger partial charge in [0, 0.05) is 38.1 Å². The predicted octanol–water partition coefficient (Wildman–Crippen LogP) is 3.22. The summed E-state index contributed by atoms with van der Waals surface area (Å²) in [4.78, 5) is 23.9. The van der Waals surface area contributed by atoms with E-state index >= 15 is 0 Å². The van der Waals surface area contributed by atoms with Crippen molar-refractivity contribution >= 4 is 23.1 Å². The van der Waals surface area contributed by atoms with E-state index in [4.69, 9.17) is 0 Å². The Morgan fingerprint density at radius 3 is 2.54 bits per heavy atom. The number of rotatable bonds is 3.